The summed E-state index contributed by atoms with van der Waals surface area (Å²) in [4.78, 5) is 6.66. The number of nitrogens with one attached hydrogen (secondary N) is 1. The van der Waals surface area contributed by atoms with Crippen LogP contribution in [0.1, 0.15) is 12.8 Å². The number of nitrogens with zero attached hydrogens (tertiary/aromatic N) is 2. The van der Waals surface area contributed by atoms with Gasteiger partial charge in [0.25, 0.3) is 0 Å². The molecule has 1 saturated carbocycles. The van der Waals surface area contributed by atoms with Gasteiger partial charge in [0.1, 0.15) is 18.1 Å². The van der Waals surface area contributed by atoms with E-state index in [0.29, 0.717) is 12.3 Å². The Morgan fingerprint density at radius 3 is 2.50 bits per heavy atom. The van der Waals surface area contributed by atoms with Gasteiger partial charge < -0.3 is 19.4 Å². The van der Waals surface area contributed by atoms with Crippen LogP contribution in [0, 0.1) is 5.92 Å². The average molecular weight is 428 g/mol. The summed E-state index contributed by atoms with van der Waals surface area (Å²) in [5.74, 6) is 2.47. The van der Waals surface area contributed by atoms with Crippen LogP contribution < -0.4 is 10.1 Å². The highest BCUT2D eigenvalue weighted by Gasteiger charge is 2.24. The molecule has 4 aromatic rings. The number of anilines is 1. The van der Waals surface area contributed by atoms with Crippen LogP contribution in [-0.4, -0.2) is 43.7 Å². The van der Waals surface area contributed by atoms with Gasteiger partial charge in [-0.1, -0.05) is 30.3 Å². The van der Waals surface area contributed by atoms with E-state index in [1.54, 1.807) is 0 Å². The first-order chi connectivity index (χ1) is 15.7. The number of hydrogen-bond donors (Lipinski definition) is 1. The van der Waals surface area contributed by atoms with E-state index < -0.39 is 0 Å². The zero-order valence-corrected chi connectivity index (χ0v) is 18.7. The van der Waals surface area contributed by atoms with Crippen LogP contribution in [0.2, 0.25) is 0 Å². The van der Waals surface area contributed by atoms with Gasteiger partial charge in [-0.3, -0.25) is 0 Å². The molecule has 2 aromatic heterocycles. The van der Waals surface area contributed by atoms with Crippen molar-refractivity contribution in [2.75, 3.05) is 39.1 Å². The Morgan fingerprint density at radius 1 is 1.00 bits per heavy atom. The van der Waals surface area contributed by atoms with E-state index in [4.69, 9.17) is 9.15 Å². The molecule has 0 unspecified atom stereocenters. The van der Waals surface area contributed by atoms with Crippen LogP contribution in [0.5, 0.6) is 5.75 Å². The number of likely N-dealkylation sites (N-methyl/N-ethyl adjacent to an activating group) is 1. The van der Waals surface area contributed by atoms with Crippen molar-refractivity contribution >= 4 is 16.8 Å². The summed E-state index contributed by atoms with van der Waals surface area (Å²) in [5.41, 5.74) is 4.95. The second-order valence-corrected chi connectivity index (χ2v) is 8.71. The Morgan fingerprint density at radius 2 is 1.78 bits per heavy atom. The van der Waals surface area contributed by atoms with Gasteiger partial charge in [-0.2, -0.15) is 0 Å². The van der Waals surface area contributed by atoms with Crippen molar-refractivity contribution in [3.05, 3.63) is 66.9 Å². The second-order valence-electron chi connectivity index (χ2n) is 8.71. The predicted molar refractivity (Wildman–Crippen MR) is 130 cm³/mol. The van der Waals surface area contributed by atoms with Gasteiger partial charge >= 0.3 is 0 Å². The van der Waals surface area contributed by atoms with E-state index in [1.807, 2.05) is 38.5 Å². The molecule has 1 aliphatic carbocycles. The van der Waals surface area contributed by atoms with Crippen LogP contribution in [0.3, 0.4) is 0 Å². The van der Waals surface area contributed by atoms with Gasteiger partial charge in [-0.05, 0) is 68.8 Å². The lowest BCUT2D eigenvalue weighted by Crippen LogP contribution is -2.19. The lowest BCUT2D eigenvalue weighted by molar-refractivity contribution is 0.261. The van der Waals surface area contributed by atoms with Crippen LogP contribution in [-0.2, 0) is 0 Å². The molecule has 1 aliphatic rings. The summed E-state index contributed by atoms with van der Waals surface area (Å²) in [7, 11) is 4.09. The second kappa shape index (κ2) is 9.05. The van der Waals surface area contributed by atoms with E-state index in [2.05, 4.69) is 57.7 Å². The zero-order chi connectivity index (χ0) is 21.9. The number of ether oxygens (including phenoxy) is 1. The molecule has 5 rings (SSSR count). The van der Waals surface area contributed by atoms with Crippen LogP contribution >= 0.6 is 0 Å². The van der Waals surface area contributed by atoms with E-state index in [9.17, 15) is 0 Å². The van der Waals surface area contributed by atoms with Gasteiger partial charge in [0, 0.05) is 36.1 Å². The Hall–Kier alpha value is -3.31. The Bertz CT molecular complexity index is 1180. The molecule has 5 nitrogen and oxygen atoms in total. The number of benzene rings is 2. The summed E-state index contributed by atoms with van der Waals surface area (Å²) in [6.45, 7) is 2.53. The van der Waals surface area contributed by atoms with Crippen LogP contribution in [0.15, 0.2) is 71.3 Å². The first-order valence-corrected chi connectivity index (χ1v) is 11.3. The fraction of sp³-hybridized carbons (Fsp3) is 0.296. The molecule has 2 heterocycles. The van der Waals surface area contributed by atoms with Gasteiger partial charge in [-0.15, -0.1) is 0 Å². The van der Waals surface area contributed by atoms with Crippen molar-refractivity contribution in [3.63, 3.8) is 0 Å². The maximum Gasteiger partial charge on any atom is 0.229 e. The topological polar surface area (TPSA) is 50.5 Å². The molecular weight excluding hydrogens is 398 g/mol. The molecule has 1 N–H and O–H groups in total. The maximum absolute atomic E-state index is 6.36. The van der Waals surface area contributed by atoms with Gasteiger partial charge in [0.2, 0.25) is 5.71 Å². The highest BCUT2D eigenvalue weighted by atomic mass is 16.5. The average Bonchev–Trinajstić information content (AvgIpc) is 3.56. The minimum atomic E-state index is 0.658. The third-order valence-electron chi connectivity index (χ3n) is 5.86. The number of aromatic nitrogens is 1. The Kier molecular flexibility index (Phi) is 5.82. The molecule has 0 saturated heterocycles. The largest absolute Gasteiger partial charge is 0.492 e. The van der Waals surface area contributed by atoms with E-state index in [-0.39, 0.29) is 0 Å². The van der Waals surface area contributed by atoms with Crippen LogP contribution in [0.25, 0.3) is 33.6 Å². The lowest BCUT2D eigenvalue weighted by Gasteiger charge is -2.11. The van der Waals surface area contributed by atoms with Crippen molar-refractivity contribution in [1.82, 2.24) is 9.88 Å². The molecule has 2 aromatic carbocycles. The molecule has 0 spiro atoms. The van der Waals surface area contributed by atoms with Crippen molar-refractivity contribution in [1.29, 1.82) is 0 Å². The Labute approximate surface area is 189 Å². The summed E-state index contributed by atoms with van der Waals surface area (Å²) in [5, 5.41) is 4.68. The maximum atomic E-state index is 6.36. The summed E-state index contributed by atoms with van der Waals surface area (Å²) >= 11 is 0. The fourth-order valence-electron chi connectivity index (χ4n) is 3.88. The quantitative estimate of drug-likeness (QED) is 0.359. The van der Waals surface area contributed by atoms with Crippen molar-refractivity contribution in [3.8, 4) is 28.2 Å². The van der Waals surface area contributed by atoms with E-state index >= 15 is 0 Å². The van der Waals surface area contributed by atoms with Gasteiger partial charge in [0.05, 0.1) is 5.39 Å². The van der Waals surface area contributed by atoms with Crippen molar-refractivity contribution < 1.29 is 9.15 Å². The Balaban J connectivity index is 1.54. The molecule has 0 aliphatic heterocycles. The molecule has 0 atom stereocenters. The number of hydrogen-bond acceptors (Lipinski definition) is 5. The highest BCUT2D eigenvalue weighted by molar-refractivity contribution is 6.06. The first kappa shape index (κ1) is 20.6. The van der Waals surface area contributed by atoms with Gasteiger partial charge in [0.15, 0.2) is 0 Å². The first-order valence-electron chi connectivity index (χ1n) is 11.3. The summed E-state index contributed by atoms with van der Waals surface area (Å²) < 4.78 is 12.2. The molecule has 32 heavy (non-hydrogen) atoms. The van der Waals surface area contributed by atoms with Gasteiger partial charge in [-0.25, -0.2) is 4.98 Å². The molecule has 1 fully saturated rings. The molecule has 164 valence electrons. The monoisotopic (exact) mass is 427 g/mol. The third-order valence-corrected chi connectivity index (χ3v) is 5.86. The smallest absolute Gasteiger partial charge is 0.229 e. The van der Waals surface area contributed by atoms with E-state index in [0.717, 1.165) is 58.3 Å². The zero-order valence-electron chi connectivity index (χ0n) is 18.7. The number of furan rings is 1. The third kappa shape index (κ3) is 4.48. The fourth-order valence-corrected chi connectivity index (χ4v) is 3.88. The molecule has 0 radical (unpaired) electrons. The van der Waals surface area contributed by atoms with E-state index in [1.165, 1.54) is 12.8 Å². The number of rotatable bonds is 9. The minimum absolute atomic E-state index is 0.658. The SMILES string of the molecule is CN(C)CCOc1ccc(-c2oc3nccc(NCC4CC4)c3c2-c2ccccc2)cc1. The lowest BCUT2D eigenvalue weighted by atomic mass is 9.98. The number of pyridine rings is 1. The minimum Gasteiger partial charge on any atom is -0.492 e. The van der Waals surface area contributed by atoms with Crippen molar-refractivity contribution in [2.24, 2.45) is 5.92 Å². The predicted octanol–water partition coefficient (Wildman–Crippen LogP) is 5.92. The summed E-state index contributed by atoms with van der Waals surface area (Å²) in [6.07, 6.45) is 4.44. The highest BCUT2D eigenvalue weighted by Crippen LogP contribution is 2.43. The molecular formula is C27H29N3O2. The van der Waals surface area contributed by atoms with Crippen LogP contribution in [0.4, 0.5) is 5.69 Å². The molecule has 0 amide bonds. The molecule has 5 heteroatoms. The van der Waals surface area contributed by atoms with Crippen molar-refractivity contribution in [2.45, 2.75) is 12.8 Å². The number of fused-ring (bicyclic) bond motifs is 1. The normalized spacial score (nSPS) is 13.6. The molecule has 0 bridgehead atoms. The standard InChI is InChI=1S/C27H29N3O2/c1-30(2)16-17-31-22-12-10-21(11-13-22)26-24(20-6-4-3-5-7-20)25-23(29-18-19-8-9-19)14-15-28-27(25)32-26/h3-7,10-15,19H,8-9,16-18H2,1-2H3,(H,28,29). The summed E-state index contributed by atoms with van der Waals surface area (Å²) in [6, 6.07) is 20.6.